The van der Waals surface area contributed by atoms with Crippen molar-refractivity contribution in [3.8, 4) is 0 Å². The molecule has 2 aliphatic carbocycles. The number of hydrogen-bond acceptors (Lipinski definition) is 2. The second kappa shape index (κ2) is 6.02. The van der Waals surface area contributed by atoms with Crippen LogP contribution < -0.4 is 5.32 Å². The summed E-state index contributed by atoms with van der Waals surface area (Å²) in [4.78, 5) is 0. The van der Waals surface area contributed by atoms with Crippen molar-refractivity contribution in [1.82, 2.24) is 5.32 Å². The fourth-order valence-electron chi connectivity index (χ4n) is 3.16. The molecule has 0 aromatic rings. The average Bonchev–Trinajstić information content (AvgIpc) is 3.10. The van der Waals surface area contributed by atoms with Crippen molar-refractivity contribution in [2.75, 3.05) is 13.7 Å². The van der Waals surface area contributed by atoms with E-state index in [0.717, 1.165) is 30.9 Å². The fourth-order valence-corrected chi connectivity index (χ4v) is 3.16. The van der Waals surface area contributed by atoms with Gasteiger partial charge in [0.1, 0.15) is 0 Å². The number of nitrogens with one attached hydrogen (secondary N) is 1. The summed E-state index contributed by atoms with van der Waals surface area (Å²) in [5.74, 6) is 2.14. The third-order valence-corrected chi connectivity index (χ3v) is 4.28. The minimum atomic E-state index is 0.614. The van der Waals surface area contributed by atoms with Crippen molar-refractivity contribution in [2.45, 2.75) is 64.0 Å². The van der Waals surface area contributed by atoms with E-state index >= 15 is 0 Å². The van der Waals surface area contributed by atoms with Crippen molar-refractivity contribution in [3.63, 3.8) is 0 Å². The van der Waals surface area contributed by atoms with Crippen LogP contribution in [0.25, 0.3) is 0 Å². The third-order valence-electron chi connectivity index (χ3n) is 4.28. The fraction of sp³-hybridized carbons (Fsp3) is 1.00. The highest BCUT2D eigenvalue weighted by molar-refractivity contribution is 4.88. The largest absolute Gasteiger partial charge is 0.385 e. The highest BCUT2D eigenvalue weighted by atomic mass is 16.5. The maximum absolute atomic E-state index is 5.13. The molecular formula is C14H27NO. The van der Waals surface area contributed by atoms with Gasteiger partial charge in [-0.25, -0.2) is 0 Å². The van der Waals surface area contributed by atoms with E-state index in [0.29, 0.717) is 6.04 Å². The van der Waals surface area contributed by atoms with Crippen LogP contribution in [0.15, 0.2) is 0 Å². The van der Waals surface area contributed by atoms with Crippen molar-refractivity contribution >= 4 is 0 Å². The van der Waals surface area contributed by atoms with Gasteiger partial charge >= 0.3 is 0 Å². The molecule has 2 rings (SSSR count). The molecule has 2 fully saturated rings. The van der Waals surface area contributed by atoms with E-state index in [4.69, 9.17) is 4.74 Å². The van der Waals surface area contributed by atoms with Crippen LogP contribution in [0.4, 0.5) is 0 Å². The first kappa shape index (κ1) is 12.4. The molecule has 0 aliphatic heterocycles. The number of ether oxygens (including phenoxy) is 1. The molecule has 16 heavy (non-hydrogen) atoms. The monoisotopic (exact) mass is 225 g/mol. The van der Waals surface area contributed by atoms with E-state index in [1.165, 1.54) is 38.5 Å². The second-order valence-corrected chi connectivity index (χ2v) is 5.81. The van der Waals surface area contributed by atoms with E-state index in [-0.39, 0.29) is 0 Å². The van der Waals surface area contributed by atoms with Gasteiger partial charge in [0, 0.05) is 25.8 Å². The highest BCUT2D eigenvalue weighted by Gasteiger charge is 2.34. The average molecular weight is 225 g/mol. The summed E-state index contributed by atoms with van der Waals surface area (Å²) in [5, 5.41) is 3.79. The zero-order valence-corrected chi connectivity index (χ0v) is 10.9. The van der Waals surface area contributed by atoms with Crippen molar-refractivity contribution < 1.29 is 4.74 Å². The Hall–Kier alpha value is -0.0800. The number of rotatable bonds is 6. The first-order valence-electron chi connectivity index (χ1n) is 7.04. The van der Waals surface area contributed by atoms with Gasteiger partial charge in [0.15, 0.2) is 0 Å². The molecule has 0 spiro atoms. The van der Waals surface area contributed by atoms with Crippen LogP contribution >= 0.6 is 0 Å². The predicted octanol–water partition coefficient (Wildman–Crippen LogP) is 2.97. The van der Waals surface area contributed by atoms with E-state index in [2.05, 4.69) is 12.2 Å². The molecule has 94 valence electrons. The van der Waals surface area contributed by atoms with Crippen molar-refractivity contribution in [3.05, 3.63) is 0 Å². The van der Waals surface area contributed by atoms with Crippen LogP contribution in [0, 0.1) is 11.8 Å². The summed E-state index contributed by atoms with van der Waals surface area (Å²) in [7, 11) is 1.79. The molecule has 3 unspecified atom stereocenters. The Morgan fingerprint density at radius 2 is 2.00 bits per heavy atom. The topological polar surface area (TPSA) is 21.3 Å². The first-order valence-corrected chi connectivity index (χ1v) is 7.04. The lowest BCUT2D eigenvalue weighted by atomic mass is 9.82. The van der Waals surface area contributed by atoms with Crippen LogP contribution in [0.5, 0.6) is 0 Å². The third kappa shape index (κ3) is 3.74. The van der Waals surface area contributed by atoms with Gasteiger partial charge < -0.3 is 10.1 Å². The Balaban J connectivity index is 1.67. The summed E-state index contributed by atoms with van der Waals surface area (Å²) in [6.07, 6.45) is 9.92. The van der Waals surface area contributed by atoms with Gasteiger partial charge in [-0.1, -0.05) is 12.8 Å². The smallest absolute Gasteiger partial charge is 0.0476 e. The molecule has 0 bridgehead atoms. The van der Waals surface area contributed by atoms with Gasteiger partial charge in [0.05, 0.1) is 0 Å². The lowest BCUT2D eigenvalue weighted by Gasteiger charge is -2.32. The lowest BCUT2D eigenvalue weighted by molar-refractivity contribution is 0.176. The van der Waals surface area contributed by atoms with Crippen LogP contribution in [0.3, 0.4) is 0 Å². The maximum Gasteiger partial charge on any atom is 0.0476 e. The molecule has 0 amide bonds. The summed E-state index contributed by atoms with van der Waals surface area (Å²) in [6.45, 7) is 3.17. The number of methoxy groups -OCH3 is 1. The van der Waals surface area contributed by atoms with Gasteiger partial charge in [-0.15, -0.1) is 0 Å². The quantitative estimate of drug-likeness (QED) is 0.750. The van der Waals surface area contributed by atoms with Gasteiger partial charge in [-0.05, 0) is 50.9 Å². The Kier molecular flexibility index (Phi) is 4.66. The van der Waals surface area contributed by atoms with E-state index in [1.54, 1.807) is 7.11 Å². The first-order chi connectivity index (χ1) is 7.79. The molecule has 0 radical (unpaired) electrons. The number of hydrogen-bond donors (Lipinski definition) is 1. The molecule has 3 atom stereocenters. The normalized spacial score (nSPS) is 32.6. The molecule has 0 heterocycles. The molecule has 2 nitrogen and oxygen atoms in total. The maximum atomic E-state index is 5.13. The van der Waals surface area contributed by atoms with Gasteiger partial charge in [-0.3, -0.25) is 0 Å². The summed E-state index contributed by atoms with van der Waals surface area (Å²) in [6, 6.07) is 1.40. The highest BCUT2D eigenvalue weighted by Crippen LogP contribution is 2.43. The molecule has 2 saturated carbocycles. The van der Waals surface area contributed by atoms with Crippen LogP contribution in [-0.2, 0) is 4.74 Å². The molecular weight excluding hydrogens is 198 g/mol. The van der Waals surface area contributed by atoms with Gasteiger partial charge in [0.2, 0.25) is 0 Å². The minimum absolute atomic E-state index is 0.614. The molecule has 0 aromatic carbocycles. The van der Waals surface area contributed by atoms with E-state index in [9.17, 15) is 0 Å². The van der Waals surface area contributed by atoms with E-state index < -0.39 is 0 Å². The summed E-state index contributed by atoms with van der Waals surface area (Å²) >= 11 is 0. The Morgan fingerprint density at radius 3 is 2.69 bits per heavy atom. The summed E-state index contributed by atoms with van der Waals surface area (Å²) < 4.78 is 5.13. The molecule has 2 aliphatic rings. The zero-order chi connectivity index (χ0) is 11.4. The Morgan fingerprint density at radius 1 is 1.19 bits per heavy atom. The Labute approximate surface area is 100 Å². The lowest BCUT2D eigenvalue weighted by Crippen LogP contribution is -2.40. The van der Waals surface area contributed by atoms with E-state index in [1.807, 2.05) is 0 Å². The van der Waals surface area contributed by atoms with Crippen LogP contribution in [0.1, 0.15) is 51.9 Å². The van der Waals surface area contributed by atoms with Crippen LogP contribution in [-0.4, -0.2) is 25.8 Å². The zero-order valence-electron chi connectivity index (χ0n) is 10.9. The molecule has 1 N–H and O–H groups in total. The standard InChI is InChI=1S/C14H27NO/c1-11(8-9-16-2)15-14-5-3-4-13(10-14)12-6-7-12/h11-15H,3-10H2,1-2H3. The van der Waals surface area contributed by atoms with Gasteiger partial charge in [-0.2, -0.15) is 0 Å². The van der Waals surface area contributed by atoms with Crippen molar-refractivity contribution in [2.24, 2.45) is 11.8 Å². The molecule has 2 heteroatoms. The predicted molar refractivity (Wildman–Crippen MR) is 67.6 cm³/mol. The minimum Gasteiger partial charge on any atom is -0.385 e. The summed E-state index contributed by atoms with van der Waals surface area (Å²) in [5.41, 5.74) is 0. The second-order valence-electron chi connectivity index (χ2n) is 5.81. The molecule has 0 saturated heterocycles. The van der Waals surface area contributed by atoms with Gasteiger partial charge in [0.25, 0.3) is 0 Å². The SMILES string of the molecule is COCCC(C)NC1CCCC(C2CC2)C1. The van der Waals surface area contributed by atoms with Crippen molar-refractivity contribution in [1.29, 1.82) is 0 Å². The van der Waals surface area contributed by atoms with Crippen LogP contribution in [0.2, 0.25) is 0 Å². The molecule has 0 aromatic heterocycles. The Bertz CT molecular complexity index is 203.